The van der Waals surface area contributed by atoms with Gasteiger partial charge >= 0.3 is 0 Å². The minimum absolute atomic E-state index is 0.0312. The van der Waals surface area contributed by atoms with Gasteiger partial charge in [0.1, 0.15) is 0 Å². The number of amides is 2. The van der Waals surface area contributed by atoms with Gasteiger partial charge in [0.15, 0.2) is 0 Å². The van der Waals surface area contributed by atoms with E-state index < -0.39 is 0 Å². The Morgan fingerprint density at radius 3 is 2.87 bits per heavy atom. The van der Waals surface area contributed by atoms with Crippen molar-refractivity contribution >= 4 is 29.1 Å². The molecular weight excluding hydrogens is 314 g/mol. The number of halogens is 1. The Morgan fingerprint density at radius 2 is 2.13 bits per heavy atom. The van der Waals surface area contributed by atoms with Gasteiger partial charge in [-0.2, -0.15) is 0 Å². The topological polar surface area (TPSA) is 62.3 Å². The van der Waals surface area contributed by atoms with Crippen molar-refractivity contribution in [1.82, 2.24) is 9.88 Å². The van der Waals surface area contributed by atoms with Crippen molar-refractivity contribution in [1.29, 1.82) is 0 Å². The predicted octanol–water partition coefficient (Wildman–Crippen LogP) is 2.72. The third-order valence-corrected chi connectivity index (χ3v) is 4.20. The van der Waals surface area contributed by atoms with Crippen molar-refractivity contribution < 1.29 is 9.59 Å². The van der Waals surface area contributed by atoms with Gasteiger partial charge in [-0.15, -0.1) is 0 Å². The van der Waals surface area contributed by atoms with Crippen LogP contribution in [0.1, 0.15) is 12.0 Å². The summed E-state index contributed by atoms with van der Waals surface area (Å²) in [6.45, 7) is 0.825. The van der Waals surface area contributed by atoms with Crippen LogP contribution >= 0.6 is 11.6 Å². The molecule has 2 heterocycles. The summed E-state index contributed by atoms with van der Waals surface area (Å²) < 4.78 is 0. The third-order valence-electron chi connectivity index (χ3n) is 3.83. The Kier molecular flexibility index (Phi) is 4.57. The van der Waals surface area contributed by atoms with Gasteiger partial charge in [-0.25, -0.2) is 0 Å². The highest BCUT2D eigenvalue weighted by Gasteiger charge is 2.34. The summed E-state index contributed by atoms with van der Waals surface area (Å²) in [5.41, 5.74) is 1.52. The zero-order valence-corrected chi connectivity index (χ0v) is 13.2. The summed E-state index contributed by atoms with van der Waals surface area (Å²) in [6.07, 6.45) is 3.44. The number of anilines is 1. The Hall–Kier alpha value is -2.40. The number of carbonyl (C=O) groups is 2. The highest BCUT2D eigenvalue weighted by Crippen LogP contribution is 2.24. The second kappa shape index (κ2) is 6.79. The summed E-state index contributed by atoms with van der Waals surface area (Å²) in [5.74, 6) is -0.547. The van der Waals surface area contributed by atoms with Crippen LogP contribution in [0.25, 0.3) is 0 Å². The molecule has 23 heavy (non-hydrogen) atoms. The van der Waals surface area contributed by atoms with E-state index in [1.807, 2.05) is 18.2 Å². The number of rotatable bonds is 4. The first kappa shape index (κ1) is 15.5. The first-order valence-electron chi connectivity index (χ1n) is 7.35. The molecule has 1 unspecified atom stereocenters. The molecule has 6 heteroatoms. The third kappa shape index (κ3) is 3.68. The molecule has 0 aliphatic carbocycles. The molecule has 1 aliphatic rings. The number of likely N-dealkylation sites (tertiary alicyclic amines) is 1. The molecule has 1 aliphatic heterocycles. The molecule has 3 rings (SSSR count). The molecule has 1 saturated heterocycles. The maximum Gasteiger partial charge on any atom is 0.229 e. The number of nitrogens with zero attached hydrogens (tertiary/aromatic N) is 2. The van der Waals surface area contributed by atoms with E-state index in [9.17, 15) is 9.59 Å². The Bertz CT molecular complexity index is 721. The summed E-state index contributed by atoms with van der Waals surface area (Å²) in [6, 6.07) is 10.9. The second-order valence-electron chi connectivity index (χ2n) is 5.50. The molecule has 1 N–H and O–H groups in total. The van der Waals surface area contributed by atoms with Gasteiger partial charge in [-0.3, -0.25) is 14.6 Å². The van der Waals surface area contributed by atoms with Crippen molar-refractivity contribution in [3.8, 4) is 0 Å². The molecular formula is C17H16ClN3O2. The summed E-state index contributed by atoms with van der Waals surface area (Å²) in [5, 5.41) is 3.42. The van der Waals surface area contributed by atoms with Crippen molar-refractivity contribution in [2.24, 2.45) is 5.92 Å². The summed E-state index contributed by atoms with van der Waals surface area (Å²) >= 11 is 6.13. The molecule has 2 amide bonds. The van der Waals surface area contributed by atoms with Crippen LogP contribution in [0.15, 0.2) is 48.8 Å². The van der Waals surface area contributed by atoms with E-state index in [1.165, 1.54) is 0 Å². The number of aromatic nitrogens is 1. The highest BCUT2D eigenvalue weighted by molar-refractivity contribution is 6.31. The lowest BCUT2D eigenvalue weighted by atomic mass is 10.1. The lowest BCUT2D eigenvalue weighted by molar-refractivity contribution is -0.128. The molecule has 1 aromatic carbocycles. The largest absolute Gasteiger partial charge is 0.337 e. The van der Waals surface area contributed by atoms with E-state index in [1.54, 1.807) is 35.5 Å². The maximum atomic E-state index is 12.3. The zero-order chi connectivity index (χ0) is 16.2. The molecule has 118 valence electrons. The van der Waals surface area contributed by atoms with Gasteiger partial charge in [0.2, 0.25) is 11.8 Å². The van der Waals surface area contributed by atoms with E-state index in [0.717, 1.165) is 5.56 Å². The molecule has 1 atom stereocenters. The van der Waals surface area contributed by atoms with Gasteiger partial charge in [-0.05, 0) is 23.8 Å². The molecule has 0 spiro atoms. The first-order chi connectivity index (χ1) is 11.1. The maximum absolute atomic E-state index is 12.3. The smallest absolute Gasteiger partial charge is 0.229 e. The highest BCUT2D eigenvalue weighted by atomic mass is 35.5. The second-order valence-corrected chi connectivity index (χ2v) is 5.90. The quantitative estimate of drug-likeness (QED) is 0.938. The van der Waals surface area contributed by atoms with E-state index in [0.29, 0.717) is 23.8 Å². The zero-order valence-electron chi connectivity index (χ0n) is 12.4. The molecule has 2 aromatic rings. The van der Waals surface area contributed by atoms with Crippen LogP contribution in [0.4, 0.5) is 5.69 Å². The number of pyridine rings is 1. The van der Waals surface area contributed by atoms with Gasteiger partial charge < -0.3 is 10.2 Å². The predicted molar refractivity (Wildman–Crippen MR) is 87.8 cm³/mol. The SMILES string of the molecule is O=C(Nc1cccnc1)C1CC(=O)N(Cc2ccccc2Cl)C1. The summed E-state index contributed by atoms with van der Waals surface area (Å²) in [4.78, 5) is 30.1. The van der Waals surface area contributed by atoms with E-state index in [-0.39, 0.29) is 24.2 Å². The van der Waals surface area contributed by atoms with Gasteiger partial charge in [0.05, 0.1) is 17.8 Å². The number of hydrogen-bond donors (Lipinski definition) is 1. The van der Waals surface area contributed by atoms with Gasteiger partial charge in [0, 0.05) is 30.7 Å². The molecule has 1 fully saturated rings. The van der Waals surface area contributed by atoms with E-state index in [4.69, 9.17) is 11.6 Å². The standard InChI is InChI=1S/C17H16ClN3O2/c18-15-6-2-1-4-12(15)10-21-11-13(8-16(21)22)17(23)20-14-5-3-7-19-9-14/h1-7,9,13H,8,10-11H2,(H,20,23). The molecule has 0 bridgehead atoms. The number of hydrogen-bond acceptors (Lipinski definition) is 3. The van der Waals surface area contributed by atoms with Crippen molar-refractivity contribution in [3.05, 3.63) is 59.4 Å². The normalized spacial score (nSPS) is 17.3. The number of benzene rings is 1. The van der Waals surface area contributed by atoms with Crippen molar-refractivity contribution in [2.45, 2.75) is 13.0 Å². The molecule has 5 nitrogen and oxygen atoms in total. The average molecular weight is 330 g/mol. The monoisotopic (exact) mass is 329 g/mol. The van der Waals surface area contributed by atoms with Gasteiger partial charge in [-0.1, -0.05) is 29.8 Å². The fourth-order valence-electron chi connectivity index (χ4n) is 2.61. The Balaban J connectivity index is 1.63. The van der Waals surface area contributed by atoms with Crippen LogP contribution in [-0.4, -0.2) is 28.2 Å². The Labute approximate surface area is 139 Å². The minimum atomic E-state index is -0.356. The fourth-order valence-corrected chi connectivity index (χ4v) is 2.81. The number of nitrogens with one attached hydrogen (secondary N) is 1. The molecule has 0 saturated carbocycles. The molecule has 1 aromatic heterocycles. The van der Waals surface area contributed by atoms with Crippen LogP contribution < -0.4 is 5.32 Å². The van der Waals surface area contributed by atoms with Gasteiger partial charge in [0.25, 0.3) is 0 Å². The lowest BCUT2D eigenvalue weighted by Crippen LogP contribution is -2.28. The lowest BCUT2D eigenvalue weighted by Gasteiger charge is -2.17. The minimum Gasteiger partial charge on any atom is -0.337 e. The average Bonchev–Trinajstić information content (AvgIpc) is 2.92. The summed E-state index contributed by atoms with van der Waals surface area (Å²) in [7, 11) is 0. The van der Waals surface area contributed by atoms with Crippen LogP contribution in [0.2, 0.25) is 5.02 Å². The fraction of sp³-hybridized carbons (Fsp3) is 0.235. The van der Waals surface area contributed by atoms with Crippen LogP contribution in [0.3, 0.4) is 0 Å². The van der Waals surface area contributed by atoms with Crippen LogP contribution in [-0.2, 0) is 16.1 Å². The first-order valence-corrected chi connectivity index (χ1v) is 7.73. The Morgan fingerprint density at radius 1 is 1.30 bits per heavy atom. The number of carbonyl (C=O) groups excluding carboxylic acids is 2. The van der Waals surface area contributed by atoms with Crippen LogP contribution in [0, 0.1) is 5.92 Å². The van der Waals surface area contributed by atoms with E-state index in [2.05, 4.69) is 10.3 Å². The van der Waals surface area contributed by atoms with E-state index >= 15 is 0 Å². The van der Waals surface area contributed by atoms with Crippen LogP contribution in [0.5, 0.6) is 0 Å². The van der Waals surface area contributed by atoms with Crippen molar-refractivity contribution in [2.75, 3.05) is 11.9 Å². The molecule has 0 radical (unpaired) electrons. The van der Waals surface area contributed by atoms with Crippen molar-refractivity contribution in [3.63, 3.8) is 0 Å².